The molecule has 1 aliphatic carbocycles. The molecule has 0 saturated carbocycles. The summed E-state index contributed by atoms with van der Waals surface area (Å²) in [4.78, 5) is 17.8. The van der Waals surface area contributed by atoms with Gasteiger partial charge < -0.3 is 4.90 Å². The van der Waals surface area contributed by atoms with Crippen LogP contribution in [-0.4, -0.2) is 26.7 Å². The molecule has 9 rings (SSSR count). The van der Waals surface area contributed by atoms with E-state index in [1.807, 2.05) is 36.4 Å². The van der Waals surface area contributed by atoms with Crippen LogP contribution in [0.25, 0.3) is 39.5 Å². The van der Waals surface area contributed by atoms with E-state index in [4.69, 9.17) is 15.0 Å². The third kappa shape index (κ3) is 3.80. The molecule has 3 heterocycles. The number of para-hydroxylation sites is 1. The monoisotopic (exact) mass is 564 g/mol. The molecule has 0 N–H and O–H groups in total. The molecule has 206 valence electrons. The second-order valence-corrected chi connectivity index (χ2v) is 11.1. The summed E-state index contributed by atoms with van der Waals surface area (Å²) in [5.74, 6) is 1.88. The van der Waals surface area contributed by atoms with Gasteiger partial charge in [-0.1, -0.05) is 103 Å². The van der Waals surface area contributed by atoms with Crippen LogP contribution in [0.5, 0.6) is 0 Å². The first-order chi connectivity index (χ1) is 21.8. The van der Waals surface area contributed by atoms with Gasteiger partial charge in [0, 0.05) is 22.4 Å². The summed E-state index contributed by atoms with van der Waals surface area (Å²) < 4.78 is 2.25. The fourth-order valence-electron chi connectivity index (χ4n) is 6.61. The molecule has 5 nitrogen and oxygen atoms in total. The fourth-order valence-corrected chi connectivity index (χ4v) is 6.61. The molecule has 0 radical (unpaired) electrons. The Morgan fingerprint density at radius 2 is 1.16 bits per heavy atom. The van der Waals surface area contributed by atoms with Crippen molar-refractivity contribution in [2.75, 3.05) is 4.90 Å². The first-order valence-electron chi connectivity index (χ1n) is 14.8. The zero-order chi connectivity index (χ0) is 29.0. The highest BCUT2D eigenvalue weighted by molar-refractivity contribution is 6.21. The SMILES string of the molecule is C1=CC2=[N+](c3nc(-c4ccccc4)nc(-c4ccccc4)n3)c3cc(-c4ccccc4)ccc3N3c4ccccc4C(=C1)C23. The van der Waals surface area contributed by atoms with Gasteiger partial charge in [-0.15, -0.1) is 0 Å². The molecule has 1 atom stereocenters. The largest absolute Gasteiger partial charge is 0.442 e. The van der Waals surface area contributed by atoms with Crippen LogP contribution in [0.2, 0.25) is 0 Å². The van der Waals surface area contributed by atoms with E-state index in [-0.39, 0.29) is 6.04 Å². The van der Waals surface area contributed by atoms with Gasteiger partial charge in [0.05, 0.1) is 5.69 Å². The third-order valence-electron chi connectivity index (χ3n) is 8.58. The molecule has 1 aromatic heterocycles. The van der Waals surface area contributed by atoms with Crippen molar-refractivity contribution < 1.29 is 0 Å². The molecule has 0 amide bonds. The summed E-state index contributed by atoms with van der Waals surface area (Å²) in [6, 6.07) is 46.3. The summed E-state index contributed by atoms with van der Waals surface area (Å²) >= 11 is 0. The Hall–Kier alpha value is -5.94. The van der Waals surface area contributed by atoms with Crippen molar-refractivity contribution >= 4 is 34.3 Å². The molecular weight excluding hydrogens is 538 g/mol. The molecule has 1 unspecified atom stereocenters. The van der Waals surface area contributed by atoms with Gasteiger partial charge in [-0.25, -0.2) is 0 Å². The Morgan fingerprint density at radius 1 is 0.545 bits per heavy atom. The second kappa shape index (κ2) is 9.82. The Morgan fingerprint density at radius 3 is 1.84 bits per heavy atom. The predicted molar refractivity (Wildman–Crippen MR) is 179 cm³/mol. The van der Waals surface area contributed by atoms with Crippen molar-refractivity contribution in [3.05, 3.63) is 157 Å². The molecule has 2 aliphatic heterocycles. The highest BCUT2D eigenvalue weighted by Gasteiger charge is 2.46. The summed E-state index contributed by atoms with van der Waals surface area (Å²) in [5, 5.41) is 0. The maximum atomic E-state index is 5.18. The molecule has 0 bridgehead atoms. The Labute approximate surface area is 255 Å². The van der Waals surface area contributed by atoms with Crippen LogP contribution in [0.4, 0.5) is 23.0 Å². The lowest BCUT2D eigenvalue weighted by atomic mass is 9.92. The van der Waals surface area contributed by atoms with Gasteiger partial charge in [0.1, 0.15) is 17.4 Å². The number of fused-ring (bicyclic) bond motifs is 5. The van der Waals surface area contributed by atoms with E-state index in [1.165, 1.54) is 16.8 Å². The average Bonchev–Trinajstić information content (AvgIpc) is 3.45. The molecule has 0 saturated heterocycles. The first-order valence-corrected chi connectivity index (χ1v) is 14.8. The highest BCUT2D eigenvalue weighted by atomic mass is 15.3. The van der Waals surface area contributed by atoms with E-state index in [0.717, 1.165) is 39.3 Å². The van der Waals surface area contributed by atoms with Crippen LogP contribution in [0, 0.1) is 0 Å². The van der Waals surface area contributed by atoms with Crippen molar-refractivity contribution in [2.45, 2.75) is 6.04 Å². The Bertz CT molecular complexity index is 2110. The van der Waals surface area contributed by atoms with Crippen LogP contribution in [-0.2, 0) is 0 Å². The summed E-state index contributed by atoms with van der Waals surface area (Å²) in [5.41, 5.74) is 11.2. The lowest BCUT2D eigenvalue weighted by molar-refractivity contribution is 0.872. The number of hydrogen-bond donors (Lipinski definition) is 0. The van der Waals surface area contributed by atoms with Crippen LogP contribution < -0.4 is 9.48 Å². The molecular formula is C39H26N5+. The molecule has 0 spiro atoms. The van der Waals surface area contributed by atoms with Gasteiger partial charge in [-0.05, 0) is 75.2 Å². The summed E-state index contributed by atoms with van der Waals surface area (Å²) in [6.45, 7) is 0. The number of anilines is 2. The van der Waals surface area contributed by atoms with Gasteiger partial charge >= 0.3 is 5.95 Å². The number of rotatable bonds is 4. The van der Waals surface area contributed by atoms with Gasteiger partial charge in [-0.2, -0.15) is 9.56 Å². The summed E-state index contributed by atoms with van der Waals surface area (Å²) in [6.07, 6.45) is 6.60. The Balaban J connectivity index is 1.35. The zero-order valence-corrected chi connectivity index (χ0v) is 23.7. The summed E-state index contributed by atoms with van der Waals surface area (Å²) in [7, 11) is 0. The fraction of sp³-hybridized carbons (Fsp3) is 0.0256. The second-order valence-electron chi connectivity index (χ2n) is 11.1. The van der Waals surface area contributed by atoms with Crippen LogP contribution >= 0.6 is 0 Å². The van der Waals surface area contributed by atoms with E-state index in [2.05, 4.69) is 125 Å². The van der Waals surface area contributed by atoms with E-state index in [0.29, 0.717) is 17.6 Å². The van der Waals surface area contributed by atoms with E-state index in [9.17, 15) is 0 Å². The lowest BCUT2D eigenvalue weighted by Gasteiger charge is -2.35. The minimum atomic E-state index is 0.00425. The van der Waals surface area contributed by atoms with Crippen molar-refractivity contribution in [1.29, 1.82) is 0 Å². The van der Waals surface area contributed by atoms with Gasteiger partial charge in [0.15, 0.2) is 0 Å². The number of benzene rings is 5. The van der Waals surface area contributed by atoms with Crippen LogP contribution in [0.3, 0.4) is 0 Å². The van der Waals surface area contributed by atoms with Crippen molar-refractivity contribution in [1.82, 2.24) is 19.5 Å². The minimum absolute atomic E-state index is 0.00425. The maximum absolute atomic E-state index is 5.18. The number of hydrogen-bond acceptors (Lipinski definition) is 4. The quantitative estimate of drug-likeness (QED) is 0.201. The molecule has 6 aromatic rings. The standard InChI is InChI=1S/C39H26N5/c1-4-13-26(14-5-1)29-23-24-33-35(25-29)44(34-22-12-20-31-30-19-10-11-21-32(30)43(33)36(31)34)39-41-37(27-15-6-2-7-16-27)40-38(42-39)28-17-8-3-9-18-28/h1-25,36H/q+1. The number of nitrogens with zero attached hydrogens (tertiary/aromatic N) is 5. The zero-order valence-electron chi connectivity index (χ0n) is 23.7. The third-order valence-corrected chi connectivity index (χ3v) is 8.58. The molecule has 0 fully saturated rings. The molecule has 3 aliphatic rings. The topological polar surface area (TPSA) is 44.9 Å². The lowest BCUT2D eigenvalue weighted by Crippen LogP contribution is -2.43. The normalized spacial score (nSPS) is 15.9. The van der Waals surface area contributed by atoms with Crippen molar-refractivity contribution in [3.8, 4) is 33.9 Å². The predicted octanol–water partition coefficient (Wildman–Crippen LogP) is 8.64. The van der Waals surface area contributed by atoms with E-state index >= 15 is 0 Å². The smallest absolute Gasteiger partial charge is 0.323 e. The van der Waals surface area contributed by atoms with Crippen molar-refractivity contribution in [3.63, 3.8) is 0 Å². The first kappa shape index (κ1) is 24.6. The highest BCUT2D eigenvalue weighted by Crippen LogP contribution is 2.52. The van der Waals surface area contributed by atoms with Gasteiger partial charge in [0.25, 0.3) is 0 Å². The van der Waals surface area contributed by atoms with Gasteiger partial charge in [0.2, 0.25) is 11.6 Å². The van der Waals surface area contributed by atoms with Crippen LogP contribution in [0.15, 0.2) is 152 Å². The molecule has 5 heteroatoms. The number of allylic oxidation sites excluding steroid dienone is 2. The van der Waals surface area contributed by atoms with E-state index < -0.39 is 0 Å². The average molecular weight is 565 g/mol. The van der Waals surface area contributed by atoms with Crippen molar-refractivity contribution in [2.24, 2.45) is 0 Å². The van der Waals surface area contributed by atoms with Crippen LogP contribution in [0.1, 0.15) is 5.56 Å². The molecule has 5 aromatic carbocycles. The molecule has 44 heavy (non-hydrogen) atoms. The Kier molecular flexibility index (Phi) is 5.50. The van der Waals surface area contributed by atoms with Gasteiger partial charge in [-0.3, -0.25) is 0 Å². The minimum Gasteiger partial charge on any atom is -0.323 e. The van der Waals surface area contributed by atoms with E-state index in [1.54, 1.807) is 0 Å². The number of aromatic nitrogens is 3. The maximum Gasteiger partial charge on any atom is 0.442 e.